The number of nitrogens with zero attached hydrogens (tertiary/aromatic N) is 1. The smallest absolute Gasteiger partial charge is 0.238 e. The molecule has 0 aromatic heterocycles. The number of likely N-dealkylation sites (tertiary alicyclic amines) is 1. The summed E-state index contributed by atoms with van der Waals surface area (Å²) in [5.74, 6) is 0.470. The zero-order chi connectivity index (χ0) is 17.8. The van der Waals surface area contributed by atoms with Gasteiger partial charge in [0, 0.05) is 11.7 Å². The van der Waals surface area contributed by atoms with Crippen LogP contribution in [0.15, 0.2) is 48.5 Å². The Hall–Kier alpha value is -2.13. The van der Waals surface area contributed by atoms with Crippen LogP contribution < -0.4 is 5.32 Å². The van der Waals surface area contributed by atoms with Gasteiger partial charge >= 0.3 is 0 Å². The number of carbonyl (C=O) groups is 1. The molecule has 132 valence electrons. The Morgan fingerprint density at radius 1 is 1.16 bits per heavy atom. The SMILES string of the molecule is Cc1cccc(C(C)C)c1NC(=O)CN1CCCC1c1ccccc1. The van der Waals surface area contributed by atoms with E-state index in [4.69, 9.17) is 0 Å². The van der Waals surface area contributed by atoms with Crippen LogP contribution in [0.4, 0.5) is 5.69 Å². The molecule has 0 radical (unpaired) electrons. The minimum absolute atomic E-state index is 0.0824. The average molecular weight is 336 g/mol. The Morgan fingerprint density at radius 2 is 1.92 bits per heavy atom. The van der Waals surface area contributed by atoms with Gasteiger partial charge in [-0.1, -0.05) is 62.4 Å². The van der Waals surface area contributed by atoms with E-state index in [9.17, 15) is 4.79 Å². The van der Waals surface area contributed by atoms with Gasteiger partial charge in [0.15, 0.2) is 0 Å². The Bertz CT molecular complexity index is 724. The molecule has 1 amide bonds. The van der Waals surface area contributed by atoms with Gasteiger partial charge in [0.25, 0.3) is 0 Å². The molecule has 2 aromatic carbocycles. The summed E-state index contributed by atoms with van der Waals surface area (Å²) < 4.78 is 0. The van der Waals surface area contributed by atoms with Crippen LogP contribution in [-0.4, -0.2) is 23.9 Å². The molecule has 1 atom stereocenters. The summed E-state index contributed by atoms with van der Waals surface area (Å²) in [5.41, 5.74) is 4.62. The molecule has 1 aliphatic heterocycles. The first-order chi connectivity index (χ1) is 12.1. The molecule has 1 N–H and O–H groups in total. The molecule has 25 heavy (non-hydrogen) atoms. The maximum atomic E-state index is 12.7. The Labute approximate surface area is 151 Å². The highest BCUT2D eigenvalue weighted by molar-refractivity contribution is 5.94. The van der Waals surface area contributed by atoms with Crippen molar-refractivity contribution in [1.82, 2.24) is 4.90 Å². The quantitative estimate of drug-likeness (QED) is 0.843. The van der Waals surface area contributed by atoms with Crippen LogP contribution in [0, 0.1) is 6.92 Å². The van der Waals surface area contributed by atoms with Crippen molar-refractivity contribution in [2.24, 2.45) is 0 Å². The van der Waals surface area contributed by atoms with Gasteiger partial charge in [-0.05, 0) is 48.9 Å². The number of carbonyl (C=O) groups excluding carboxylic acids is 1. The maximum absolute atomic E-state index is 12.7. The minimum Gasteiger partial charge on any atom is -0.324 e. The van der Waals surface area contributed by atoms with Crippen molar-refractivity contribution >= 4 is 11.6 Å². The highest BCUT2D eigenvalue weighted by Crippen LogP contribution is 2.32. The predicted molar refractivity (Wildman–Crippen MR) is 104 cm³/mol. The number of nitrogens with one attached hydrogen (secondary N) is 1. The molecule has 1 unspecified atom stereocenters. The van der Waals surface area contributed by atoms with Crippen molar-refractivity contribution in [2.75, 3.05) is 18.4 Å². The fourth-order valence-corrected chi connectivity index (χ4v) is 3.77. The van der Waals surface area contributed by atoms with Crippen LogP contribution in [0.5, 0.6) is 0 Å². The first-order valence-electron chi connectivity index (χ1n) is 9.24. The number of para-hydroxylation sites is 1. The summed E-state index contributed by atoms with van der Waals surface area (Å²) in [5, 5.41) is 3.18. The highest BCUT2D eigenvalue weighted by Gasteiger charge is 2.27. The second-order valence-corrected chi connectivity index (χ2v) is 7.28. The van der Waals surface area contributed by atoms with Gasteiger partial charge in [-0.25, -0.2) is 0 Å². The molecule has 2 aromatic rings. The Balaban J connectivity index is 1.71. The molecule has 3 nitrogen and oxygen atoms in total. The molecular formula is C22H28N2O. The standard InChI is InChI=1S/C22H28N2O/c1-16(2)19-12-7-9-17(3)22(19)23-21(25)15-24-14-8-13-20(24)18-10-5-4-6-11-18/h4-7,9-12,16,20H,8,13-15H2,1-3H3,(H,23,25). The van der Waals surface area contributed by atoms with Crippen molar-refractivity contribution < 1.29 is 4.79 Å². The summed E-state index contributed by atoms with van der Waals surface area (Å²) in [7, 11) is 0. The van der Waals surface area contributed by atoms with Gasteiger partial charge in [-0.15, -0.1) is 0 Å². The molecular weight excluding hydrogens is 308 g/mol. The van der Waals surface area contributed by atoms with E-state index >= 15 is 0 Å². The lowest BCUT2D eigenvalue weighted by molar-refractivity contribution is -0.117. The van der Waals surface area contributed by atoms with Crippen LogP contribution in [0.2, 0.25) is 0 Å². The summed E-state index contributed by atoms with van der Waals surface area (Å²) in [4.78, 5) is 15.0. The second kappa shape index (κ2) is 7.83. The first-order valence-corrected chi connectivity index (χ1v) is 9.24. The third-order valence-electron chi connectivity index (χ3n) is 5.09. The van der Waals surface area contributed by atoms with Gasteiger partial charge in [0.05, 0.1) is 6.54 Å². The third-order valence-corrected chi connectivity index (χ3v) is 5.09. The largest absolute Gasteiger partial charge is 0.324 e. The molecule has 0 spiro atoms. The van der Waals surface area contributed by atoms with Crippen LogP contribution in [0.1, 0.15) is 55.3 Å². The lowest BCUT2D eigenvalue weighted by atomic mass is 9.98. The number of amides is 1. The Kier molecular flexibility index (Phi) is 5.54. The highest BCUT2D eigenvalue weighted by atomic mass is 16.2. The number of hydrogen-bond acceptors (Lipinski definition) is 2. The average Bonchev–Trinajstić information content (AvgIpc) is 3.05. The number of hydrogen-bond donors (Lipinski definition) is 1. The number of rotatable bonds is 5. The van der Waals surface area contributed by atoms with E-state index in [2.05, 4.69) is 73.5 Å². The molecule has 1 saturated heterocycles. The topological polar surface area (TPSA) is 32.3 Å². The fraction of sp³-hybridized carbons (Fsp3) is 0.409. The lowest BCUT2D eigenvalue weighted by Gasteiger charge is -2.25. The van der Waals surface area contributed by atoms with Crippen molar-refractivity contribution in [3.8, 4) is 0 Å². The van der Waals surface area contributed by atoms with Crippen molar-refractivity contribution in [2.45, 2.75) is 45.6 Å². The van der Waals surface area contributed by atoms with E-state index in [0.717, 1.165) is 30.6 Å². The van der Waals surface area contributed by atoms with Gasteiger partial charge in [-0.2, -0.15) is 0 Å². The molecule has 3 heteroatoms. The monoisotopic (exact) mass is 336 g/mol. The van der Waals surface area contributed by atoms with E-state index < -0.39 is 0 Å². The van der Waals surface area contributed by atoms with Crippen molar-refractivity contribution in [3.05, 3.63) is 65.2 Å². The van der Waals surface area contributed by atoms with Gasteiger partial charge in [-0.3, -0.25) is 9.69 Å². The zero-order valence-corrected chi connectivity index (χ0v) is 15.5. The van der Waals surface area contributed by atoms with E-state index in [1.807, 2.05) is 6.07 Å². The fourth-order valence-electron chi connectivity index (χ4n) is 3.77. The summed E-state index contributed by atoms with van der Waals surface area (Å²) in [6, 6.07) is 17.1. The van der Waals surface area contributed by atoms with Crippen LogP contribution in [0.3, 0.4) is 0 Å². The van der Waals surface area contributed by atoms with E-state index in [1.165, 1.54) is 11.1 Å². The summed E-state index contributed by atoms with van der Waals surface area (Å²) in [6.45, 7) is 7.82. The molecule has 0 bridgehead atoms. The van der Waals surface area contributed by atoms with Crippen LogP contribution in [0.25, 0.3) is 0 Å². The van der Waals surface area contributed by atoms with E-state index in [1.54, 1.807) is 0 Å². The zero-order valence-electron chi connectivity index (χ0n) is 15.5. The summed E-state index contributed by atoms with van der Waals surface area (Å²) >= 11 is 0. The lowest BCUT2D eigenvalue weighted by Crippen LogP contribution is -2.33. The van der Waals surface area contributed by atoms with E-state index in [0.29, 0.717) is 18.5 Å². The molecule has 0 saturated carbocycles. The first kappa shape index (κ1) is 17.7. The number of anilines is 1. The van der Waals surface area contributed by atoms with Crippen LogP contribution in [-0.2, 0) is 4.79 Å². The second-order valence-electron chi connectivity index (χ2n) is 7.28. The molecule has 1 aliphatic rings. The van der Waals surface area contributed by atoms with Gasteiger partial charge in [0.1, 0.15) is 0 Å². The minimum atomic E-state index is 0.0824. The molecule has 1 fully saturated rings. The summed E-state index contributed by atoms with van der Waals surface area (Å²) in [6.07, 6.45) is 2.27. The molecule has 3 rings (SSSR count). The maximum Gasteiger partial charge on any atom is 0.238 e. The normalized spacial score (nSPS) is 17.8. The van der Waals surface area contributed by atoms with Crippen molar-refractivity contribution in [3.63, 3.8) is 0 Å². The number of aryl methyl sites for hydroxylation is 1. The van der Waals surface area contributed by atoms with Crippen LogP contribution >= 0.6 is 0 Å². The molecule has 0 aliphatic carbocycles. The number of benzene rings is 2. The van der Waals surface area contributed by atoms with Crippen molar-refractivity contribution in [1.29, 1.82) is 0 Å². The van der Waals surface area contributed by atoms with Gasteiger partial charge in [0.2, 0.25) is 5.91 Å². The van der Waals surface area contributed by atoms with E-state index in [-0.39, 0.29) is 5.91 Å². The Morgan fingerprint density at radius 3 is 2.64 bits per heavy atom. The molecule has 1 heterocycles. The predicted octanol–water partition coefficient (Wildman–Crippen LogP) is 4.89. The third kappa shape index (κ3) is 4.10. The van der Waals surface area contributed by atoms with Gasteiger partial charge < -0.3 is 5.32 Å².